The number of carbonyl (C=O) groups excluding carboxylic acids is 6. The molecule has 0 aromatic rings. The van der Waals surface area contributed by atoms with Crippen LogP contribution in [0.3, 0.4) is 0 Å². The van der Waals surface area contributed by atoms with Crippen LogP contribution >= 0.6 is 0 Å². The first-order valence-electron chi connectivity index (χ1n) is 22.6. The summed E-state index contributed by atoms with van der Waals surface area (Å²) in [7, 11) is 0. The van der Waals surface area contributed by atoms with Gasteiger partial charge in [0.25, 0.3) is 0 Å². The van der Waals surface area contributed by atoms with E-state index in [4.69, 9.17) is 11.5 Å². The third kappa shape index (κ3) is 51.0. The maximum Gasteiger partial charge on any atom is 1.00 e. The molecule has 0 unspecified atom stereocenters. The summed E-state index contributed by atoms with van der Waals surface area (Å²) in [6, 6.07) is -2.21. The molecule has 60 heavy (non-hydrogen) atoms. The standard InChI is InChI=1S/2C23H41NO5.2Na/c2*1-2-3-4-5-6-7-8-9-10-11-12-13-14-15-16-17-22(27)29-23(28)20(24)18-19-21(25)26;;/h2*9-10,20H,2-8,11-19,24H2,1H3,(H,25,26);;/q;;2*+1/p-2/t2*20-;;/m00../s1. The maximum atomic E-state index is 11.6. The number of hydrogen-bond donors (Lipinski definition) is 2. The summed E-state index contributed by atoms with van der Waals surface area (Å²) >= 11 is 0. The molecule has 0 aliphatic heterocycles. The first-order chi connectivity index (χ1) is 27.9. The van der Waals surface area contributed by atoms with Gasteiger partial charge in [-0.25, -0.2) is 9.59 Å². The number of allylic oxidation sites excluding steroid dienone is 4. The van der Waals surface area contributed by atoms with Crippen LogP contribution in [-0.2, 0) is 38.2 Å². The first kappa shape index (κ1) is 65.2. The van der Waals surface area contributed by atoms with E-state index in [0.29, 0.717) is 12.8 Å². The topological polar surface area (TPSA) is 219 Å². The number of unbranched alkanes of at least 4 members (excludes halogenated alkanes) is 22. The van der Waals surface area contributed by atoms with E-state index < -0.39 is 47.9 Å². The maximum absolute atomic E-state index is 11.6. The molecule has 336 valence electrons. The van der Waals surface area contributed by atoms with Crippen molar-refractivity contribution in [2.45, 2.75) is 231 Å². The smallest absolute Gasteiger partial charge is 0.550 e. The quantitative estimate of drug-likeness (QED) is 0.0299. The van der Waals surface area contributed by atoms with Gasteiger partial charge in [0.05, 0.1) is 0 Å². The van der Waals surface area contributed by atoms with Crippen LogP contribution < -0.4 is 80.8 Å². The van der Waals surface area contributed by atoms with Crippen LogP contribution in [0.25, 0.3) is 0 Å². The van der Waals surface area contributed by atoms with Gasteiger partial charge in [-0.1, -0.05) is 141 Å². The molecular weight excluding hydrogens is 786 g/mol. The Hall–Kier alpha value is -1.38. The van der Waals surface area contributed by atoms with Gasteiger partial charge in [0.2, 0.25) is 0 Å². The van der Waals surface area contributed by atoms with Crippen LogP contribution in [0.5, 0.6) is 0 Å². The Kier molecular flexibility index (Phi) is 54.7. The summed E-state index contributed by atoms with van der Waals surface area (Å²) in [4.78, 5) is 66.9. The van der Waals surface area contributed by atoms with E-state index in [9.17, 15) is 39.0 Å². The molecule has 12 nitrogen and oxygen atoms in total. The van der Waals surface area contributed by atoms with Gasteiger partial charge in [0.15, 0.2) is 0 Å². The van der Waals surface area contributed by atoms with Crippen molar-refractivity contribution in [3.63, 3.8) is 0 Å². The predicted octanol–water partition coefficient (Wildman–Crippen LogP) is 1.91. The van der Waals surface area contributed by atoms with Crippen molar-refractivity contribution < 1.29 is 108 Å². The predicted molar refractivity (Wildman–Crippen MR) is 226 cm³/mol. The summed E-state index contributed by atoms with van der Waals surface area (Å²) in [5.74, 6) is -5.51. The van der Waals surface area contributed by atoms with E-state index in [0.717, 1.165) is 64.2 Å². The number of rotatable bonds is 38. The van der Waals surface area contributed by atoms with Gasteiger partial charge in [-0.15, -0.1) is 0 Å². The first-order valence-corrected chi connectivity index (χ1v) is 22.6. The summed E-state index contributed by atoms with van der Waals surface area (Å²) in [6.45, 7) is 4.48. The fourth-order valence-electron chi connectivity index (χ4n) is 5.94. The molecule has 0 radical (unpaired) electrons. The van der Waals surface area contributed by atoms with Gasteiger partial charge < -0.3 is 40.7 Å². The molecule has 0 aromatic carbocycles. The average molecular weight is 867 g/mol. The van der Waals surface area contributed by atoms with Crippen molar-refractivity contribution in [2.75, 3.05) is 0 Å². The molecule has 0 saturated carbocycles. The van der Waals surface area contributed by atoms with Crippen LogP contribution in [-0.4, -0.2) is 47.9 Å². The Labute approximate surface area is 407 Å². The zero-order chi connectivity index (χ0) is 43.5. The largest absolute Gasteiger partial charge is 1.00 e. The second-order valence-electron chi connectivity index (χ2n) is 15.3. The average Bonchev–Trinajstić information content (AvgIpc) is 3.19. The minimum Gasteiger partial charge on any atom is -0.550 e. The fourth-order valence-corrected chi connectivity index (χ4v) is 5.94. The number of nitrogens with two attached hydrogens (primary N) is 2. The molecular formula is C46H80N2Na2O10. The van der Waals surface area contributed by atoms with Gasteiger partial charge in [-0.2, -0.15) is 0 Å². The Bertz CT molecular complexity index is 1050. The molecule has 0 fully saturated rings. The molecule has 0 bridgehead atoms. The third-order valence-electron chi connectivity index (χ3n) is 9.64. The molecule has 0 rings (SSSR count). The second-order valence-corrected chi connectivity index (χ2v) is 15.3. The number of esters is 4. The summed E-state index contributed by atoms with van der Waals surface area (Å²) in [5, 5.41) is 20.7. The fraction of sp³-hybridized carbons (Fsp3) is 0.783. The van der Waals surface area contributed by atoms with Gasteiger partial charge in [-0.05, 0) is 89.9 Å². The van der Waals surface area contributed by atoms with Crippen LogP contribution in [0.15, 0.2) is 24.3 Å². The molecule has 0 aromatic heterocycles. The molecule has 2 atom stereocenters. The van der Waals surface area contributed by atoms with Crippen molar-refractivity contribution in [3.05, 3.63) is 24.3 Å². The van der Waals surface area contributed by atoms with E-state index in [1.807, 2.05) is 0 Å². The van der Waals surface area contributed by atoms with E-state index in [1.165, 1.54) is 89.9 Å². The number of ether oxygens (including phenoxy) is 2. The number of hydrogen-bond acceptors (Lipinski definition) is 12. The Morgan fingerprint density at radius 2 is 0.667 bits per heavy atom. The van der Waals surface area contributed by atoms with E-state index in [-0.39, 0.29) is 97.6 Å². The van der Waals surface area contributed by atoms with Crippen molar-refractivity contribution in [1.82, 2.24) is 0 Å². The van der Waals surface area contributed by atoms with Gasteiger partial charge in [0, 0.05) is 24.8 Å². The Morgan fingerprint density at radius 3 is 0.933 bits per heavy atom. The minimum atomic E-state index is -1.28. The number of carbonyl (C=O) groups is 6. The molecule has 14 heteroatoms. The SMILES string of the molecule is CCCCCCCCC=CCCCCCCCC(=O)OC(=O)[C@@H](N)CCC(=O)[O-].CCCCCCCCC=CCCCCCCCC(=O)OC(=O)[C@@H](N)CCC(=O)[O-].[Na+].[Na+]. The molecule has 0 aliphatic rings. The Balaban J connectivity index is -0.000000506. The van der Waals surface area contributed by atoms with Crippen molar-refractivity contribution in [3.8, 4) is 0 Å². The monoisotopic (exact) mass is 867 g/mol. The van der Waals surface area contributed by atoms with Crippen LogP contribution in [0.4, 0.5) is 0 Å². The van der Waals surface area contributed by atoms with Crippen LogP contribution in [0, 0.1) is 0 Å². The summed E-state index contributed by atoms with van der Waals surface area (Å²) in [5.41, 5.74) is 11.0. The van der Waals surface area contributed by atoms with Gasteiger partial charge in [-0.3, -0.25) is 9.59 Å². The second kappa shape index (κ2) is 50.3. The molecule has 4 N–H and O–H groups in total. The summed E-state index contributed by atoms with van der Waals surface area (Å²) in [6.07, 6.45) is 39.1. The Morgan fingerprint density at radius 1 is 0.417 bits per heavy atom. The van der Waals surface area contributed by atoms with E-state index in [2.05, 4.69) is 47.6 Å². The van der Waals surface area contributed by atoms with Crippen LogP contribution in [0.2, 0.25) is 0 Å². The molecule has 0 amide bonds. The van der Waals surface area contributed by atoms with E-state index >= 15 is 0 Å². The van der Waals surface area contributed by atoms with Gasteiger partial charge in [0.1, 0.15) is 12.1 Å². The molecule has 0 heterocycles. The molecule has 0 aliphatic carbocycles. The van der Waals surface area contributed by atoms with Crippen molar-refractivity contribution >= 4 is 35.8 Å². The van der Waals surface area contributed by atoms with Gasteiger partial charge >= 0.3 is 83.0 Å². The molecule has 0 spiro atoms. The zero-order valence-corrected chi connectivity index (χ0v) is 42.3. The van der Waals surface area contributed by atoms with Crippen molar-refractivity contribution in [1.29, 1.82) is 0 Å². The third-order valence-corrected chi connectivity index (χ3v) is 9.64. The normalized spacial score (nSPS) is 11.8. The number of carboxylic acids is 2. The van der Waals surface area contributed by atoms with Crippen LogP contribution in [0.1, 0.15) is 219 Å². The van der Waals surface area contributed by atoms with E-state index in [1.54, 1.807) is 0 Å². The number of carboxylic acid groups (broad SMARTS) is 2. The molecule has 0 saturated heterocycles. The minimum absolute atomic E-state index is 0. The van der Waals surface area contributed by atoms with Crippen molar-refractivity contribution in [2.24, 2.45) is 11.5 Å². The zero-order valence-electron chi connectivity index (χ0n) is 38.3. The number of aliphatic carboxylic acids is 2. The summed E-state index contributed by atoms with van der Waals surface area (Å²) < 4.78 is 9.28.